The SMILES string of the molecule is CC(NC1C2CCOC2C1(C)C)c1cccc(Cl)c1. The molecule has 0 amide bonds. The highest BCUT2D eigenvalue weighted by molar-refractivity contribution is 6.30. The van der Waals surface area contributed by atoms with Crippen LogP contribution in [0.25, 0.3) is 0 Å². The van der Waals surface area contributed by atoms with Crippen LogP contribution >= 0.6 is 11.6 Å². The minimum absolute atomic E-state index is 0.230. The van der Waals surface area contributed by atoms with Crippen molar-refractivity contribution >= 4 is 11.6 Å². The van der Waals surface area contributed by atoms with Crippen molar-refractivity contribution < 1.29 is 4.74 Å². The second kappa shape index (κ2) is 4.76. The van der Waals surface area contributed by atoms with Gasteiger partial charge in [0.15, 0.2) is 0 Å². The zero-order valence-electron chi connectivity index (χ0n) is 11.8. The molecule has 1 aliphatic carbocycles. The van der Waals surface area contributed by atoms with E-state index < -0.39 is 0 Å². The Labute approximate surface area is 120 Å². The Hall–Kier alpha value is -0.570. The Kier molecular flexibility index (Phi) is 3.36. The lowest BCUT2D eigenvalue weighted by Crippen LogP contribution is -2.66. The second-order valence-electron chi connectivity index (χ2n) is 6.49. The maximum Gasteiger partial charge on any atom is 0.0685 e. The Bertz CT molecular complexity index is 474. The minimum Gasteiger partial charge on any atom is -0.377 e. The van der Waals surface area contributed by atoms with Gasteiger partial charge in [-0.3, -0.25) is 0 Å². The Balaban J connectivity index is 1.71. The van der Waals surface area contributed by atoms with Crippen LogP contribution in [0.1, 0.15) is 38.8 Å². The first-order valence-electron chi connectivity index (χ1n) is 7.13. The van der Waals surface area contributed by atoms with E-state index in [9.17, 15) is 0 Å². The van der Waals surface area contributed by atoms with Crippen LogP contribution in [0.15, 0.2) is 24.3 Å². The molecule has 0 spiro atoms. The third-order valence-corrected chi connectivity index (χ3v) is 5.11. The summed E-state index contributed by atoms with van der Waals surface area (Å²) in [6.45, 7) is 7.75. The van der Waals surface area contributed by atoms with Crippen LogP contribution in [0.4, 0.5) is 0 Å². The average Bonchev–Trinajstić information content (AvgIpc) is 2.82. The monoisotopic (exact) mass is 279 g/mol. The van der Waals surface area contributed by atoms with Crippen molar-refractivity contribution in [2.45, 2.75) is 45.4 Å². The van der Waals surface area contributed by atoms with E-state index in [1.54, 1.807) is 0 Å². The van der Waals surface area contributed by atoms with Crippen LogP contribution in [-0.2, 0) is 4.74 Å². The zero-order chi connectivity index (χ0) is 13.6. The van der Waals surface area contributed by atoms with Crippen molar-refractivity contribution in [3.63, 3.8) is 0 Å². The lowest BCUT2D eigenvalue weighted by Gasteiger charge is -2.55. The molecule has 3 rings (SSSR count). The van der Waals surface area contributed by atoms with Gasteiger partial charge in [0.05, 0.1) is 6.10 Å². The predicted octanol–water partition coefficient (Wildman–Crippen LogP) is 3.80. The van der Waals surface area contributed by atoms with E-state index in [0.717, 1.165) is 11.6 Å². The van der Waals surface area contributed by atoms with Gasteiger partial charge in [-0.25, -0.2) is 0 Å². The Morgan fingerprint density at radius 1 is 1.42 bits per heavy atom. The molecule has 4 atom stereocenters. The highest BCUT2D eigenvalue weighted by atomic mass is 35.5. The molecular formula is C16H22ClNO. The van der Waals surface area contributed by atoms with E-state index in [1.807, 2.05) is 18.2 Å². The third kappa shape index (κ3) is 2.20. The maximum absolute atomic E-state index is 6.07. The van der Waals surface area contributed by atoms with Gasteiger partial charge in [0, 0.05) is 35.0 Å². The summed E-state index contributed by atoms with van der Waals surface area (Å²) in [5.74, 6) is 0.677. The molecule has 1 saturated carbocycles. The molecule has 1 heterocycles. The van der Waals surface area contributed by atoms with Crippen molar-refractivity contribution in [2.24, 2.45) is 11.3 Å². The molecule has 0 aromatic heterocycles. The summed E-state index contributed by atoms with van der Waals surface area (Å²) in [6.07, 6.45) is 1.63. The van der Waals surface area contributed by atoms with Crippen molar-refractivity contribution in [1.82, 2.24) is 5.32 Å². The number of ether oxygens (including phenoxy) is 1. The van der Waals surface area contributed by atoms with Gasteiger partial charge in [-0.1, -0.05) is 37.6 Å². The minimum atomic E-state index is 0.230. The van der Waals surface area contributed by atoms with Gasteiger partial charge >= 0.3 is 0 Å². The van der Waals surface area contributed by atoms with Crippen molar-refractivity contribution in [1.29, 1.82) is 0 Å². The fourth-order valence-electron chi connectivity index (χ4n) is 3.80. The van der Waals surface area contributed by atoms with E-state index in [1.165, 1.54) is 12.0 Å². The quantitative estimate of drug-likeness (QED) is 0.909. The second-order valence-corrected chi connectivity index (χ2v) is 6.92. The molecule has 0 bridgehead atoms. The fraction of sp³-hybridized carbons (Fsp3) is 0.625. The van der Waals surface area contributed by atoms with Crippen molar-refractivity contribution in [2.75, 3.05) is 6.61 Å². The van der Waals surface area contributed by atoms with Gasteiger partial charge in [0.25, 0.3) is 0 Å². The van der Waals surface area contributed by atoms with E-state index in [0.29, 0.717) is 24.1 Å². The molecule has 1 aromatic carbocycles. The normalized spacial score (nSPS) is 33.6. The summed E-state index contributed by atoms with van der Waals surface area (Å²) in [4.78, 5) is 0. The first-order valence-corrected chi connectivity index (χ1v) is 7.51. The topological polar surface area (TPSA) is 21.3 Å². The summed E-state index contributed by atoms with van der Waals surface area (Å²) >= 11 is 6.07. The zero-order valence-corrected chi connectivity index (χ0v) is 12.6. The lowest BCUT2D eigenvalue weighted by atomic mass is 9.57. The van der Waals surface area contributed by atoms with E-state index in [-0.39, 0.29) is 5.41 Å². The van der Waals surface area contributed by atoms with Crippen molar-refractivity contribution in [3.05, 3.63) is 34.9 Å². The van der Waals surface area contributed by atoms with Gasteiger partial charge in [0.2, 0.25) is 0 Å². The third-order valence-electron chi connectivity index (χ3n) is 4.88. The summed E-state index contributed by atoms with van der Waals surface area (Å²) < 4.78 is 5.84. The molecule has 0 radical (unpaired) electrons. The number of benzene rings is 1. The summed E-state index contributed by atoms with van der Waals surface area (Å²) in [5.41, 5.74) is 1.49. The van der Waals surface area contributed by atoms with Gasteiger partial charge in [0.1, 0.15) is 0 Å². The van der Waals surface area contributed by atoms with Crippen LogP contribution in [-0.4, -0.2) is 18.8 Å². The number of hydrogen-bond acceptors (Lipinski definition) is 2. The number of halogens is 1. The highest BCUT2D eigenvalue weighted by Gasteiger charge is 2.59. The average molecular weight is 280 g/mol. The largest absolute Gasteiger partial charge is 0.377 e. The van der Waals surface area contributed by atoms with Gasteiger partial charge < -0.3 is 10.1 Å². The molecule has 4 unspecified atom stereocenters. The smallest absolute Gasteiger partial charge is 0.0685 e. The van der Waals surface area contributed by atoms with Gasteiger partial charge in [-0.05, 0) is 31.0 Å². The van der Waals surface area contributed by atoms with Crippen LogP contribution in [0, 0.1) is 11.3 Å². The molecule has 19 heavy (non-hydrogen) atoms. The number of fused-ring (bicyclic) bond motifs is 1. The van der Waals surface area contributed by atoms with E-state index in [4.69, 9.17) is 16.3 Å². The molecule has 2 fully saturated rings. The predicted molar refractivity (Wildman–Crippen MR) is 78.4 cm³/mol. The Morgan fingerprint density at radius 2 is 2.21 bits per heavy atom. The molecule has 2 nitrogen and oxygen atoms in total. The van der Waals surface area contributed by atoms with Crippen molar-refractivity contribution in [3.8, 4) is 0 Å². The first kappa shape index (κ1) is 13.4. The molecule has 1 aromatic rings. The molecule has 1 N–H and O–H groups in total. The Morgan fingerprint density at radius 3 is 2.95 bits per heavy atom. The number of hydrogen-bond donors (Lipinski definition) is 1. The number of nitrogens with one attached hydrogen (secondary N) is 1. The first-order chi connectivity index (χ1) is 9.00. The van der Waals surface area contributed by atoms with Crippen LogP contribution in [0.3, 0.4) is 0 Å². The van der Waals surface area contributed by atoms with E-state index in [2.05, 4.69) is 32.2 Å². The van der Waals surface area contributed by atoms with E-state index >= 15 is 0 Å². The molecule has 1 aliphatic heterocycles. The van der Waals surface area contributed by atoms with Crippen LogP contribution in [0.2, 0.25) is 5.02 Å². The summed E-state index contributed by atoms with van der Waals surface area (Å²) in [7, 11) is 0. The summed E-state index contributed by atoms with van der Waals surface area (Å²) in [5, 5.41) is 4.59. The molecule has 104 valence electrons. The van der Waals surface area contributed by atoms with Gasteiger partial charge in [-0.15, -0.1) is 0 Å². The highest BCUT2D eigenvalue weighted by Crippen LogP contribution is 2.52. The summed E-state index contributed by atoms with van der Waals surface area (Å²) in [6, 6.07) is 8.99. The standard InChI is InChI=1S/C16H22ClNO/c1-10(11-5-4-6-12(17)9-11)18-14-13-7-8-19-15(13)16(14,2)3/h4-6,9-10,13-15,18H,7-8H2,1-3H3. The number of rotatable bonds is 3. The lowest BCUT2D eigenvalue weighted by molar-refractivity contribution is -0.115. The van der Waals surface area contributed by atoms with Gasteiger partial charge in [-0.2, -0.15) is 0 Å². The van der Waals surface area contributed by atoms with Crippen LogP contribution < -0.4 is 5.32 Å². The molecular weight excluding hydrogens is 258 g/mol. The molecule has 3 heteroatoms. The maximum atomic E-state index is 6.07. The fourth-order valence-corrected chi connectivity index (χ4v) is 4.00. The van der Waals surface area contributed by atoms with Crippen LogP contribution in [0.5, 0.6) is 0 Å². The molecule has 2 aliphatic rings. The molecule has 1 saturated heterocycles.